The van der Waals surface area contributed by atoms with Gasteiger partial charge in [-0.2, -0.15) is 5.10 Å². The number of amides is 1. The highest BCUT2D eigenvalue weighted by Gasteiger charge is 2.15. The van der Waals surface area contributed by atoms with Gasteiger partial charge in [0, 0.05) is 6.07 Å². The number of aromatic nitrogens is 4. The largest absolute Gasteiger partial charge is 0.323 e. The summed E-state index contributed by atoms with van der Waals surface area (Å²) >= 11 is 2.50. The Labute approximate surface area is 164 Å². The summed E-state index contributed by atoms with van der Waals surface area (Å²) in [5, 5.41) is 15.3. The highest BCUT2D eigenvalue weighted by atomic mass is 32.2. The molecule has 1 aromatic carbocycles. The lowest BCUT2D eigenvalue weighted by molar-refractivity contribution is -0.113. The van der Waals surface area contributed by atoms with E-state index in [1.54, 1.807) is 6.07 Å². The molecule has 0 saturated carbocycles. The van der Waals surface area contributed by atoms with Crippen molar-refractivity contribution in [3.63, 3.8) is 0 Å². The zero-order chi connectivity index (χ0) is 19.7. The maximum Gasteiger partial charge on any atom is 0.290 e. The third kappa shape index (κ3) is 3.66. The number of carbonyl (C=O) groups is 1. The molecule has 3 aromatic heterocycles. The highest BCUT2D eigenvalue weighted by Crippen LogP contribution is 2.25. The number of hydrogen-bond acceptors (Lipinski definition) is 6. The fourth-order valence-electron chi connectivity index (χ4n) is 2.44. The molecule has 0 unspecified atom stereocenters. The van der Waals surface area contributed by atoms with Crippen LogP contribution < -0.4 is 10.9 Å². The average molecular weight is 419 g/mol. The molecule has 0 fully saturated rings. The molecule has 0 spiro atoms. The number of aromatic amines is 1. The van der Waals surface area contributed by atoms with Crippen LogP contribution in [0, 0.1) is 11.6 Å². The molecule has 3 heterocycles. The quantitative estimate of drug-likeness (QED) is 0.485. The van der Waals surface area contributed by atoms with Crippen molar-refractivity contribution in [2.75, 3.05) is 11.1 Å². The molecule has 2 N–H and O–H groups in total. The number of H-pyrrole nitrogens is 1. The maximum atomic E-state index is 13.6. The van der Waals surface area contributed by atoms with E-state index in [4.69, 9.17) is 0 Å². The Balaban J connectivity index is 1.54. The van der Waals surface area contributed by atoms with Crippen LogP contribution in [0.5, 0.6) is 0 Å². The van der Waals surface area contributed by atoms with E-state index in [9.17, 15) is 18.4 Å². The van der Waals surface area contributed by atoms with Crippen LogP contribution in [-0.4, -0.2) is 31.5 Å². The van der Waals surface area contributed by atoms with Crippen LogP contribution in [-0.2, 0) is 4.79 Å². The minimum atomic E-state index is -0.865. The van der Waals surface area contributed by atoms with Crippen LogP contribution in [0.2, 0.25) is 0 Å². The van der Waals surface area contributed by atoms with Crippen LogP contribution in [0.3, 0.4) is 0 Å². The number of halogens is 2. The molecule has 28 heavy (non-hydrogen) atoms. The number of benzene rings is 1. The second-order valence-corrected chi connectivity index (χ2v) is 7.49. The first-order chi connectivity index (χ1) is 13.5. The molecule has 4 rings (SSSR count). The molecule has 7 nitrogen and oxygen atoms in total. The van der Waals surface area contributed by atoms with Crippen LogP contribution in [0.25, 0.3) is 16.1 Å². The Morgan fingerprint density at radius 1 is 1.29 bits per heavy atom. The summed E-state index contributed by atoms with van der Waals surface area (Å²) in [5.41, 5.74) is 0.391. The molecule has 0 atom stereocenters. The van der Waals surface area contributed by atoms with Crippen molar-refractivity contribution in [2.24, 2.45) is 0 Å². The molecule has 0 bridgehead atoms. The SMILES string of the molecule is O=C(CSc1n[nH]c(=O)c2cc(-c3cccs3)nn12)Nc1ccc(F)cc1F. The third-order valence-electron chi connectivity index (χ3n) is 3.69. The molecule has 0 aliphatic heterocycles. The first-order valence-corrected chi connectivity index (χ1v) is 9.78. The first-order valence-electron chi connectivity index (χ1n) is 7.91. The van der Waals surface area contributed by atoms with Gasteiger partial charge in [0.05, 0.1) is 16.3 Å². The minimum absolute atomic E-state index is 0.112. The smallest absolute Gasteiger partial charge is 0.290 e. The number of nitrogens with zero attached hydrogens (tertiary/aromatic N) is 3. The van der Waals surface area contributed by atoms with Gasteiger partial charge in [-0.25, -0.2) is 18.4 Å². The van der Waals surface area contributed by atoms with Crippen LogP contribution >= 0.6 is 23.1 Å². The van der Waals surface area contributed by atoms with E-state index in [0.29, 0.717) is 22.4 Å². The molecule has 11 heteroatoms. The van der Waals surface area contributed by atoms with E-state index in [1.807, 2.05) is 17.5 Å². The average Bonchev–Trinajstić information content (AvgIpc) is 3.33. The summed E-state index contributed by atoms with van der Waals surface area (Å²) in [5.74, 6) is -2.22. The molecule has 142 valence electrons. The monoisotopic (exact) mass is 419 g/mol. The number of thiophene rings is 1. The van der Waals surface area contributed by atoms with Crippen molar-refractivity contribution < 1.29 is 13.6 Å². The summed E-state index contributed by atoms with van der Waals surface area (Å²) in [6.45, 7) is 0. The van der Waals surface area contributed by atoms with Crippen molar-refractivity contribution in [2.45, 2.75) is 5.16 Å². The van der Waals surface area contributed by atoms with Gasteiger partial charge in [-0.3, -0.25) is 9.59 Å². The normalized spacial score (nSPS) is 11.1. The Hall–Kier alpha value is -3.05. The lowest BCUT2D eigenvalue weighted by atomic mass is 10.3. The Bertz CT molecular complexity index is 1220. The number of rotatable bonds is 5. The lowest BCUT2D eigenvalue weighted by Crippen LogP contribution is -2.17. The zero-order valence-electron chi connectivity index (χ0n) is 14.0. The van der Waals surface area contributed by atoms with E-state index in [0.717, 1.165) is 28.8 Å². The van der Waals surface area contributed by atoms with Gasteiger partial charge < -0.3 is 5.32 Å². The van der Waals surface area contributed by atoms with E-state index in [-0.39, 0.29) is 11.4 Å². The van der Waals surface area contributed by atoms with Crippen molar-refractivity contribution >= 4 is 40.2 Å². The van der Waals surface area contributed by atoms with E-state index in [2.05, 4.69) is 20.6 Å². The Morgan fingerprint density at radius 3 is 2.89 bits per heavy atom. The van der Waals surface area contributed by atoms with E-state index < -0.39 is 23.1 Å². The molecule has 0 radical (unpaired) electrons. The fourth-order valence-corrected chi connectivity index (χ4v) is 3.82. The number of anilines is 1. The number of carbonyl (C=O) groups excluding carboxylic acids is 1. The van der Waals surface area contributed by atoms with Crippen molar-refractivity contribution in [1.82, 2.24) is 19.8 Å². The molecular weight excluding hydrogens is 408 g/mol. The van der Waals surface area contributed by atoms with Gasteiger partial charge in [0.1, 0.15) is 22.8 Å². The van der Waals surface area contributed by atoms with E-state index >= 15 is 0 Å². The first kappa shape index (κ1) is 18.3. The van der Waals surface area contributed by atoms with Crippen LogP contribution in [0.15, 0.2) is 51.7 Å². The topological polar surface area (TPSA) is 92.2 Å². The number of fused-ring (bicyclic) bond motifs is 1. The highest BCUT2D eigenvalue weighted by molar-refractivity contribution is 7.99. The molecule has 0 aliphatic carbocycles. The van der Waals surface area contributed by atoms with Gasteiger partial charge in [0.25, 0.3) is 5.56 Å². The summed E-state index contributed by atoms with van der Waals surface area (Å²) < 4.78 is 27.9. The van der Waals surface area contributed by atoms with Crippen molar-refractivity contribution in [3.8, 4) is 10.6 Å². The molecule has 1 amide bonds. The van der Waals surface area contributed by atoms with Crippen molar-refractivity contribution in [3.05, 3.63) is 63.8 Å². The van der Waals surface area contributed by atoms with Gasteiger partial charge in [-0.05, 0) is 29.6 Å². The van der Waals surface area contributed by atoms with Gasteiger partial charge in [0.15, 0.2) is 0 Å². The fraction of sp³-hybridized carbons (Fsp3) is 0.0588. The van der Waals surface area contributed by atoms with Crippen LogP contribution in [0.4, 0.5) is 14.5 Å². The summed E-state index contributed by atoms with van der Waals surface area (Å²) in [4.78, 5) is 25.0. The second kappa shape index (κ2) is 7.52. The van der Waals surface area contributed by atoms with Gasteiger partial charge in [-0.1, -0.05) is 17.8 Å². The predicted octanol–water partition coefficient (Wildman–Crippen LogP) is 3.16. The predicted molar refractivity (Wildman–Crippen MR) is 103 cm³/mol. The van der Waals surface area contributed by atoms with Crippen LogP contribution in [0.1, 0.15) is 0 Å². The summed E-state index contributed by atoms with van der Waals surface area (Å²) in [6.07, 6.45) is 0. The lowest BCUT2D eigenvalue weighted by Gasteiger charge is -2.06. The second-order valence-electron chi connectivity index (χ2n) is 5.60. The van der Waals surface area contributed by atoms with E-state index in [1.165, 1.54) is 15.9 Å². The maximum absolute atomic E-state index is 13.6. The van der Waals surface area contributed by atoms with Crippen molar-refractivity contribution in [1.29, 1.82) is 0 Å². The molecule has 0 saturated heterocycles. The Kier molecular flexibility index (Phi) is 4.92. The summed E-state index contributed by atoms with van der Waals surface area (Å²) in [7, 11) is 0. The molecule has 0 aliphatic rings. The Morgan fingerprint density at radius 2 is 2.14 bits per heavy atom. The van der Waals surface area contributed by atoms with Gasteiger partial charge in [0.2, 0.25) is 11.1 Å². The van der Waals surface area contributed by atoms with Gasteiger partial charge >= 0.3 is 0 Å². The zero-order valence-corrected chi connectivity index (χ0v) is 15.6. The molecular formula is C17H11F2N5O2S2. The van der Waals surface area contributed by atoms with Gasteiger partial charge in [-0.15, -0.1) is 16.4 Å². The number of hydrogen-bond donors (Lipinski definition) is 2. The number of thioether (sulfide) groups is 1. The standard InChI is InChI=1S/C17H11F2N5O2S2/c18-9-3-4-11(10(19)6-9)20-15(25)8-28-17-22-21-16(26)13-7-12(23-24(13)17)14-2-1-5-27-14/h1-7H,8H2,(H,20,25)(H,21,26). The minimum Gasteiger partial charge on any atom is -0.323 e. The third-order valence-corrected chi connectivity index (χ3v) is 5.51. The summed E-state index contributed by atoms with van der Waals surface area (Å²) in [6, 6.07) is 8.28. The molecule has 4 aromatic rings. The number of nitrogens with one attached hydrogen (secondary N) is 2.